The van der Waals surface area contributed by atoms with Crippen molar-refractivity contribution in [2.24, 2.45) is 0 Å². The molecule has 2 N–H and O–H groups in total. The second-order valence-corrected chi connectivity index (χ2v) is 9.81. The van der Waals surface area contributed by atoms with Crippen LogP contribution in [0.4, 0.5) is 13.2 Å². The van der Waals surface area contributed by atoms with Crippen molar-refractivity contribution in [1.82, 2.24) is 19.6 Å². The average molecular weight is 581 g/mol. The number of halogens is 4. The van der Waals surface area contributed by atoms with Gasteiger partial charge in [0.1, 0.15) is 0 Å². The molecule has 4 aromatic rings. The van der Waals surface area contributed by atoms with E-state index in [2.05, 4.69) is 28.6 Å². The van der Waals surface area contributed by atoms with Crippen molar-refractivity contribution in [2.45, 2.75) is 46.0 Å². The number of aliphatic carboxylic acids is 2. The average Bonchev–Trinajstić information content (AvgIpc) is 3.49. The zero-order valence-corrected chi connectivity index (χ0v) is 22.9. The molecule has 0 radical (unpaired) electrons. The smallest absolute Gasteiger partial charge is 0.481 e. The van der Waals surface area contributed by atoms with E-state index in [0.29, 0.717) is 35.9 Å². The highest BCUT2D eigenvalue weighted by Gasteiger charge is 2.38. The lowest BCUT2D eigenvalue weighted by molar-refractivity contribution is -0.192. The van der Waals surface area contributed by atoms with Gasteiger partial charge in [0.25, 0.3) is 5.89 Å². The molecule has 4 rings (SSSR count). The fourth-order valence-electron chi connectivity index (χ4n) is 3.98. The molecule has 0 aliphatic rings. The highest BCUT2D eigenvalue weighted by molar-refractivity contribution is 6.35. The van der Waals surface area contributed by atoms with Gasteiger partial charge in [0, 0.05) is 47.4 Å². The number of rotatable bonds is 8. The molecule has 13 heteroatoms. The molecular formula is C27H28ClF3N4O5. The van der Waals surface area contributed by atoms with Gasteiger partial charge in [-0.25, -0.2) is 4.79 Å². The van der Waals surface area contributed by atoms with E-state index in [1.54, 1.807) is 0 Å². The fourth-order valence-corrected chi connectivity index (χ4v) is 4.23. The number of nitrogens with zero attached hydrogens (tertiary/aromatic N) is 4. The second kappa shape index (κ2) is 12.5. The van der Waals surface area contributed by atoms with Crippen LogP contribution in [0.5, 0.6) is 0 Å². The molecule has 9 nitrogen and oxygen atoms in total. The third kappa shape index (κ3) is 7.39. The van der Waals surface area contributed by atoms with Crippen molar-refractivity contribution in [2.75, 3.05) is 13.6 Å². The molecule has 0 spiro atoms. The van der Waals surface area contributed by atoms with Gasteiger partial charge in [0.2, 0.25) is 5.82 Å². The first-order chi connectivity index (χ1) is 18.7. The molecule has 0 atom stereocenters. The van der Waals surface area contributed by atoms with Crippen molar-refractivity contribution < 1.29 is 37.5 Å². The summed E-state index contributed by atoms with van der Waals surface area (Å²) in [4.78, 5) is 26.4. The van der Waals surface area contributed by atoms with Crippen molar-refractivity contribution >= 4 is 34.4 Å². The van der Waals surface area contributed by atoms with Crippen LogP contribution in [0.25, 0.3) is 33.7 Å². The summed E-state index contributed by atoms with van der Waals surface area (Å²) in [5, 5.41) is 21.9. The van der Waals surface area contributed by atoms with E-state index in [4.69, 9.17) is 31.1 Å². The minimum absolute atomic E-state index is 0.109. The van der Waals surface area contributed by atoms with Crippen molar-refractivity contribution in [3.63, 3.8) is 0 Å². The van der Waals surface area contributed by atoms with Crippen LogP contribution in [0.3, 0.4) is 0 Å². The highest BCUT2D eigenvalue weighted by Crippen LogP contribution is 2.33. The summed E-state index contributed by atoms with van der Waals surface area (Å²) >= 11 is 6.48. The standard InChI is InChI=1S/C25H27ClN4O3.C2HF3O2/c1-15(2)30-14-21(26)20-12-17(8-9-22(20)30)25-27-24(28-33-25)19-7-5-6-18(16(19)3)13-29(4)11-10-23(31)32;3-2(4,5)1(6)7/h5-9,12,14-15H,10-11,13H2,1-4H3,(H,31,32);(H,6,7). The third-order valence-electron chi connectivity index (χ3n) is 6.09. The Kier molecular flexibility index (Phi) is 9.59. The molecule has 0 aliphatic heterocycles. The Morgan fingerprint density at radius 2 is 1.85 bits per heavy atom. The number of carbonyl (C=O) groups is 2. The van der Waals surface area contributed by atoms with Crippen LogP contribution in [0.15, 0.2) is 47.1 Å². The lowest BCUT2D eigenvalue weighted by Crippen LogP contribution is -2.21. The van der Waals surface area contributed by atoms with E-state index in [-0.39, 0.29) is 6.42 Å². The van der Waals surface area contributed by atoms with Crippen LogP contribution in [-0.4, -0.2) is 61.5 Å². The van der Waals surface area contributed by atoms with Gasteiger partial charge in [-0.05, 0) is 57.1 Å². The van der Waals surface area contributed by atoms with Crippen LogP contribution in [0.2, 0.25) is 5.02 Å². The summed E-state index contributed by atoms with van der Waals surface area (Å²) in [6.45, 7) is 7.38. The summed E-state index contributed by atoms with van der Waals surface area (Å²) in [5.74, 6) is -2.61. The summed E-state index contributed by atoms with van der Waals surface area (Å²) in [5.41, 5.74) is 4.90. The minimum atomic E-state index is -5.08. The predicted octanol–water partition coefficient (Wildman–Crippen LogP) is 6.44. The van der Waals surface area contributed by atoms with Crippen molar-refractivity contribution in [3.05, 3.63) is 58.7 Å². The summed E-state index contributed by atoms with van der Waals surface area (Å²) in [6.07, 6.45) is -3.03. The normalized spacial score (nSPS) is 11.7. The number of hydrogen-bond donors (Lipinski definition) is 2. The molecule has 214 valence electrons. The number of hydrogen-bond acceptors (Lipinski definition) is 6. The first-order valence-electron chi connectivity index (χ1n) is 12.1. The van der Waals surface area contributed by atoms with E-state index < -0.39 is 18.1 Å². The SMILES string of the molecule is Cc1c(CN(C)CCC(=O)O)cccc1-c1noc(-c2ccc3c(c2)c(Cl)cn3C(C)C)n1.O=C(O)C(F)(F)F. The Morgan fingerprint density at radius 1 is 1.18 bits per heavy atom. The lowest BCUT2D eigenvalue weighted by atomic mass is 10.0. The zero-order valence-electron chi connectivity index (χ0n) is 22.2. The van der Waals surface area contributed by atoms with Crippen LogP contribution >= 0.6 is 11.6 Å². The number of benzene rings is 2. The topological polar surface area (TPSA) is 122 Å². The monoisotopic (exact) mass is 580 g/mol. The summed E-state index contributed by atoms with van der Waals surface area (Å²) in [7, 11) is 1.91. The van der Waals surface area contributed by atoms with E-state index in [1.165, 1.54) is 0 Å². The van der Waals surface area contributed by atoms with Gasteiger partial charge in [0.05, 0.1) is 11.4 Å². The maximum atomic E-state index is 10.8. The first-order valence-corrected chi connectivity index (χ1v) is 12.5. The molecular weight excluding hydrogens is 553 g/mol. The molecule has 2 heterocycles. The van der Waals surface area contributed by atoms with E-state index in [9.17, 15) is 18.0 Å². The van der Waals surface area contributed by atoms with Crippen LogP contribution < -0.4 is 0 Å². The Hall–Kier alpha value is -3.90. The molecule has 0 amide bonds. The van der Waals surface area contributed by atoms with Gasteiger partial charge >= 0.3 is 18.1 Å². The summed E-state index contributed by atoms with van der Waals surface area (Å²) in [6, 6.07) is 12.2. The predicted molar refractivity (Wildman–Crippen MR) is 143 cm³/mol. The molecule has 40 heavy (non-hydrogen) atoms. The second-order valence-electron chi connectivity index (χ2n) is 9.41. The number of alkyl halides is 3. The lowest BCUT2D eigenvalue weighted by Gasteiger charge is -2.18. The third-order valence-corrected chi connectivity index (χ3v) is 6.39. The Labute approximate surface area is 232 Å². The largest absolute Gasteiger partial charge is 0.490 e. The van der Waals surface area contributed by atoms with Gasteiger partial charge in [0.15, 0.2) is 0 Å². The van der Waals surface area contributed by atoms with Crippen LogP contribution in [0.1, 0.15) is 37.4 Å². The Morgan fingerprint density at radius 3 is 2.45 bits per heavy atom. The van der Waals surface area contributed by atoms with Crippen LogP contribution in [0, 0.1) is 6.92 Å². The van der Waals surface area contributed by atoms with Gasteiger partial charge in [-0.2, -0.15) is 18.2 Å². The zero-order chi connectivity index (χ0) is 29.8. The van der Waals surface area contributed by atoms with E-state index in [1.807, 2.05) is 61.5 Å². The molecule has 2 aromatic heterocycles. The molecule has 0 saturated carbocycles. The van der Waals surface area contributed by atoms with Gasteiger partial charge in [-0.1, -0.05) is 35.0 Å². The fraction of sp³-hybridized carbons (Fsp3) is 0.333. The Balaban J connectivity index is 0.000000559. The quantitative estimate of drug-likeness (QED) is 0.244. The van der Waals surface area contributed by atoms with Gasteiger partial charge < -0.3 is 24.2 Å². The van der Waals surface area contributed by atoms with E-state index >= 15 is 0 Å². The number of carboxylic acid groups (broad SMARTS) is 2. The maximum absolute atomic E-state index is 10.8. The van der Waals surface area contributed by atoms with Gasteiger partial charge in [-0.3, -0.25) is 4.79 Å². The van der Waals surface area contributed by atoms with E-state index in [0.717, 1.165) is 33.2 Å². The molecule has 0 aliphatic carbocycles. The summed E-state index contributed by atoms with van der Waals surface area (Å²) < 4.78 is 39.5. The molecule has 0 unspecified atom stereocenters. The van der Waals surface area contributed by atoms with Crippen molar-refractivity contribution in [3.8, 4) is 22.8 Å². The number of fused-ring (bicyclic) bond motifs is 1. The molecule has 0 bridgehead atoms. The van der Waals surface area contributed by atoms with Crippen LogP contribution in [-0.2, 0) is 16.1 Å². The molecule has 0 fully saturated rings. The minimum Gasteiger partial charge on any atom is -0.481 e. The highest BCUT2D eigenvalue weighted by atomic mass is 35.5. The maximum Gasteiger partial charge on any atom is 0.490 e. The number of carboxylic acids is 2. The molecule has 0 saturated heterocycles. The first kappa shape index (κ1) is 30.6. The number of aromatic nitrogens is 3. The Bertz CT molecular complexity index is 1510. The molecule has 2 aromatic carbocycles. The van der Waals surface area contributed by atoms with Gasteiger partial charge in [-0.15, -0.1) is 0 Å². The van der Waals surface area contributed by atoms with Crippen molar-refractivity contribution in [1.29, 1.82) is 0 Å².